The first kappa shape index (κ1) is 19.4. The van der Waals surface area contributed by atoms with Gasteiger partial charge in [-0.15, -0.1) is 0 Å². The number of halogens is 1. The molecule has 1 heterocycles. The van der Waals surface area contributed by atoms with E-state index in [1.54, 1.807) is 6.07 Å². The molecule has 7 heteroatoms. The Morgan fingerprint density at radius 2 is 1.53 bits per heavy atom. The second-order valence-electron chi connectivity index (χ2n) is 8.76. The third-order valence-electron chi connectivity index (χ3n) is 7.42. The normalized spacial score (nSPS) is 27.2. The van der Waals surface area contributed by atoms with Gasteiger partial charge in [-0.3, -0.25) is 19.7 Å². The fourth-order valence-electron chi connectivity index (χ4n) is 6.22. The Kier molecular flexibility index (Phi) is 3.85. The van der Waals surface area contributed by atoms with Gasteiger partial charge >= 0.3 is 0 Å². The van der Waals surface area contributed by atoms with Crippen molar-refractivity contribution >= 4 is 39.1 Å². The maximum atomic E-state index is 13.9. The van der Waals surface area contributed by atoms with Gasteiger partial charge in [0.05, 0.1) is 16.8 Å². The van der Waals surface area contributed by atoms with Crippen molar-refractivity contribution in [1.82, 2.24) is 0 Å². The predicted molar refractivity (Wildman–Crippen MR) is 121 cm³/mol. The van der Waals surface area contributed by atoms with Crippen molar-refractivity contribution in [3.05, 3.63) is 104 Å². The lowest BCUT2D eigenvalue weighted by Crippen LogP contribution is -2.51. The molecule has 32 heavy (non-hydrogen) atoms. The van der Waals surface area contributed by atoms with Crippen LogP contribution in [0.4, 0.5) is 11.4 Å². The Bertz CT molecular complexity index is 1320. The van der Waals surface area contributed by atoms with Crippen molar-refractivity contribution in [2.45, 2.75) is 18.3 Å². The number of benzene rings is 3. The summed E-state index contributed by atoms with van der Waals surface area (Å²) in [5.41, 5.74) is 3.28. The quantitative estimate of drug-likeness (QED) is 0.291. The highest BCUT2D eigenvalue weighted by molar-refractivity contribution is 9.10. The van der Waals surface area contributed by atoms with Gasteiger partial charge in [0.15, 0.2) is 0 Å². The molecular formula is C25H17BrN2O4. The van der Waals surface area contributed by atoms with Crippen LogP contribution >= 0.6 is 15.9 Å². The monoisotopic (exact) mass is 488 g/mol. The largest absolute Gasteiger partial charge is 0.294 e. The SMILES string of the molecule is CC12c3ccccc3C(c3ccccc31)[C@H]1C(=O)N(c3ccc(Br)cc3[N+](=O)[O-])C(=O)[C@@H]12. The lowest BCUT2D eigenvalue weighted by atomic mass is 9.48. The summed E-state index contributed by atoms with van der Waals surface area (Å²) in [6.45, 7) is 2.03. The number of anilines is 1. The molecule has 1 fully saturated rings. The average Bonchev–Trinajstić information content (AvgIpc) is 3.06. The summed E-state index contributed by atoms with van der Waals surface area (Å²) in [6.07, 6.45) is 0. The molecule has 0 spiro atoms. The van der Waals surface area contributed by atoms with E-state index in [0.717, 1.165) is 27.2 Å². The molecule has 4 aliphatic rings. The number of rotatable bonds is 2. The molecule has 3 aliphatic carbocycles. The van der Waals surface area contributed by atoms with Crippen molar-refractivity contribution in [3.63, 3.8) is 0 Å². The highest BCUT2D eigenvalue weighted by Gasteiger charge is 2.66. The van der Waals surface area contributed by atoms with Gasteiger partial charge in [-0.1, -0.05) is 71.4 Å². The van der Waals surface area contributed by atoms with E-state index in [4.69, 9.17) is 0 Å². The molecule has 2 bridgehead atoms. The van der Waals surface area contributed by atoms with Gasteiger partial charge in [0.1, 0.15) is 5.69 Å². The lowest BCUT2D eigenvalue weighted by Gasteiger charge is -2.52. The van der Waals surface area contributed by atoms with Gasteiger partial charge in [0, 0.05) is 21.9 Å². The smallest absolute Gasteiger partial charge is 0.274 e. The first-order chi connectivity index (χ1) is 15.4. The van der Waals surface area contributed by atoms with Crippen LogP contribution in [0.3, 0.4) is 0 Å². The Hall–Kier alpha value is -3.32. The standard InChI is InChI=1S/C25H17BrN2O4/c1-25-16-8-4-2-6-14(16)20(15-7-3-5-9-17(15)25)21-22(25)24(30)27(23(21)29)18-11-10-13(26)12-19(18)28(31)32/h2-12,20-22H,1H3/t20?,21-,22-,25?/m1/s1. The van der Waals surface area contributed by atoms with Crippen molar-refractivity contribution < 1.29 is 14.5 Å². The number of nitro benzene ring substituents is 1. The number of hydrogen-bond acceptors (Lipinski definition) is 4. The van der Waals surface area contributed by atoms with Gasteiger partial charge in [-0.2, -0.15) is 0 Å². The molecule has 0 N–H and O–H groups in total. The highest BCUT2D eigenvalue weighted by Crippen LogP contribution is 2.64. The number of imide groups is 1. The fourth-order valence-corrected chi connectivity index (χ4v) is 6.57. The summed E-state index contributed by atoms with van der Waals surface area (Å²) in [4.78, 5) is 40.0. The maximum Gasteiger partial charge on any atom is 0.294 e. The van der Waals surface area contributed by atoms with E-state index in [1.165, 1.54) is 12.1 Å². The van der Waals surface area contributed by atoms with Gasteiger partial charge < -0.3 is 0 Å². The Morgan fingerprint density at radius 1 is 0.938 bits per heavy atom. The van der Waals surface area contributed by atoms with Crippen LogP contribution in [-0.4, -0.2) is 16.7 Å². The molecule has 1 aliphatic heterocycles. The van der Waals surface area contributed by atoms with Gasteiger partial charge in [0.2, 0.25) is 11.8 Å². The Morgan fingerprint density at radius 3 is 2.12 bits per heavy atom. The minimum Gasteiger partial charge on any atom is -0.274 e. The predicted octanol–water partition coefficient (Wildman–Crippen LogP) is 4.93. The minimum absolute atomic E-state index is 0.0266. The summed E-state index contributed by atoms with van der Waals surface area (Å²) >= 11 is 3.25. The van der Waals surface area contributed by atoms with Crippen LogP contribution in [0.15, 0.2) is 71.2 Å². The molecule has 2 atom stereocenters. The van der Waals surface area contributed by atoms with Gasteiger partial charge in [0.25, 0.3) is 5.69 Å². The molecule has 1 saturated heterocycles. The Labute approximate surface area is 192 Å². The summed E-state index contributed by atoms with van der Waals surface area (Å²) in [5.74, 6) is -2.22. The number of nitro groups is 1. The third kappa shape index (κ3) is 2.19. The highest BCUT2D eigenvalue weighted by atomic mass is 79.9. The number of nitrogens with zero attached hydrogens (tertiary/aromatic N) is 2. The number of carbonyl (C=O) groups is 2. The van der Waals surface area contributed by atoms with Gasteiger partial charge in [-0.25, -0.2) is 4.90 Å². The zero-order chi connectivity index (χ0) is 22.4. The van der Waals surface area contributed by atoms with Crippen molar-refractivity contribution in [2.24, 2.45) is 11.8 Å². The van der Waals surface area contributed by atoms with Crippen molar-refractivity contribution in [2.75, 3.05) is 4.90 Å². The Balaban J connectivity index is 1.61. The summed E-state index contributed by atoms with van der Waals surface area (Å²) in [6, 6.07) is 20.4. The number of carbonyl (C=O) groups excluding carboxylic acids is 2. The minimum atomic E-state index is -0.696. The van der Waals surface area contributed by atoms with Crippen LogP contribution in [0.2, 0.25) is 0 Å². The fraction of sp³-hybridized carbons (Fsp3) is 0.200. The second kappa shape index (κ2) is 6.36. The second-order valence-corrected chi connectivity index (χ2v) is 9.68. The molecule has 2 amide bonds. The molecule has 7 rings (SSSR count). The third-order valence-corrected chi connectivity index (χ3v) is 7.91. The molecule has 3 aromatic carbocycles. The molecule has 0 saturated carbocycles. The molecule has 158 valence electrons. The molecule has 6 nitrogen and oxygen atoms in total. The zero-order valence-corrected chi connectivity index (χ0v) is 18.6. The van der Waals surface area contributed by atoms with E-state index < -0.39 is 22.2 Å². The van der Waals surface area contributed by atoms with Crippen LogP contribution in [0.5, 0.6) is 0 Å². The maximum absolute atomic E-state index is 13.9. The van der Waals surface area contributed by atoms with Crippen LogP contribution in [-0.2, 0) is 15.0 Å². The molecule has 0 unspecified atom stereocenters. The van der Waals surface area contributed by atoms with E-state index in [2.05, 4.69) is 15.9 Å². The van der Waals surface area contributed by atoms with Crippen LogP contribution in [0.25, 0.3) is 0 Å². The first-order valence-electron chi connectivity index (χ1n) is 10.4. The summed E-state index contributed by atoms with van der Waals surface area (Å²) in [7, 11) is 0. The van der Waals surface area contributed by atoms with Crippen LogP contribution in [0, 0.1) is 22.0 Å². The van der Waals surface area contributed by atoms with Crippen LogP contribution in [0.1, 0.15) is 35.1 Å². The van der Waals surface area contributed by atoms with Crippen LogP contribution < -0.4 is 4.90 Å². The van der Waals surface area contributed by atoms with E-state index in [9.17, 15) is 19.7 Å². The van der Waals surface area contributed by atoms with Crippen molar-refractivity contribution in [1.29, 1.82) is 0 Å². The summed E-state index contributed by atoms with van der Waals surface area (Å²) in [5, 5.41) is 11.8. The number of hydrogen-bond donors (Lipinski definition) is 0. The van der Waals surface area contributed by atoms with E-state index in [1.807, 2.05) is 55.5 Å². The first-order valence-corrected chi connectivity index (χ1v) is 11.2. The molecule has 0 radical (unpaired) electrons. The molecule has 3 aromatic rings. The molecular weight excluding hydrogens is 472 g/mol. The van der Waals surface area contributed by atoms with E-state index >= 15 is 0 Å². The summed E-state index contributed by atoms with van der Waals surface area (Å²) < 4.78 is 0.510. The topological polar surface area (TPSA) is 80.5 Å². The zero-order valence-electron chi connectivity index (χ0n) is 17.0. The molecule has 0 aromatic heterocycles. The van der Waals surface area contributed by atoms with Crippen molar-refractivity contribution in [3.8, 4) is 0 Å². The van der Waals surface area contributed by atoms with Gasteiger partial charge in [-0.05, 0) is 34.4 Å². The number of amides is 2. The van der Waals surface area contributed by atoms with E-state index in [-0.39, 0.29) is 29.1 Å². The average molecular weight is 489 g/mol. The van der Waals surface area contributed by atoms with E-state index in [0.29, 0.717) is 4.47 Å². The lowest BCUT2D eigenvalue weighted by molar-refractivity contribution is -0.384.